The molecular formula is C34H44N6O4. The molecule has 10 heteroatoms. The number of carbonyl (C=O) groups excluding carboxylic acids is 4. The first kappa shape index (κ1) is 32.6. The zero-order chi connectivity index (χ0) is 31.3. The molecule has 2 aromatic carbocycles. The molecule has 2 aromatic rings. The predicted molar refractivity (Wildman–Crippen MR) is 173 cm³/mol. The van der Waals surface area contributed by atoms with Crippen LogP contribution < -0.4 is 21.5 Å². The number of carbonyl (C=O) groups is 4. The Balaban J connectivity index is 1.16. The molecule has 4 rings (SSSR count). The van der Waals surface area contributed by atoms with Crippen LogP contribution in [0.4, 0.5) is 11.4 Å². The third kappa shape index (κ3) is 10.1. The molecule has 234 valence electrons. The molecule has 2 fully saturated rings. The van der Waals surface area contributed by atoms with Crippen molar-refractivity contribution < 1.29 is 19.2 Å². The molecule has 2 saturated carbocycles. The molecule has 0 aliphatic heterocycles. The van der Waals surface area contributed by atoms with Crippen molar-refractivity contribution in [1.29, 1.82) is 0 Å². The molecule has 44 heavy (non-hydrogen) atoms. The number of nitrogens with zero attached hydrogens (tertiary/aromatic N) is 2. The standard InChI is InChI=1S/C34H44N6O4/c1-23(25-13-17-29(18-14-25)35-33(43)27-9-5-3-6-10-27)37-39-31(41)21-22-32(42)40-38-24(2)26-15-19-30(20-16-26)36-34(44)28-11-7-4-8-12-28/h13-20,27-28H,3-12,21-22H2,1-2H3,(H,35,43)(H,36,44)(H,39,41)(H,40,42)/b37-23+,38-24+. The average Bonchev–Trinajstić information content (AvgIpc) is 3.06. The van der Waals surface area contributed by atoms with Crippen LogP contribution in [0.2, 0.25) is 0 Å². The van der Waals surface area contributed by atoms with Crippen LogP contribution in [0, 0.1) is 11.8 Å². The van der Waals surface area contributed by atoms with Gasteiger partial charge in [0.2, 0.25) is 23.6 Å². The molecule has 2 aliphatic carbocycles. The fourth-order valence-electron chi connectivity index (χ4n) is 5.57. The van der Waals surface area contributed by atoms with E-state index in [0.717, 1.165) is 73.9 Å². The highest BCUT2D eigenvalue weighted by Gasteiger charge is 2.22. The van der Waals surface area contributed by atoms with Gasteiger partial charge >= 0.3 is 0 Å². The van der Waals surface area contributed by atoms with Gasteiger partial charge in [0, 0.05) is 36.1 Å². The van der Waals surface area contributed by atoms with Crippen molar-refractivity contribution in [1.82, 2.24) is 10.9 Å². The highest BCUT2D eigenvalue weighted by molar-refractivity contribution is 6.01. The SMILES string of the molecule is C/C(=N\NC(=O)CCC(=O)N/N=C(\C)c1ccc(NC(=O)C2CCCCC2)cc1)c1ccc(NC(=O)C2CCCCC2)cc1. The first-order valence-electron chi connectivity index (χ1n) is 15.8. The molecule has 0 radical (unpaired) electrons. The van der Waals surface area contributed by atoms with Crippen molar-refractivity contribution in [3.8, 4) is 0 Å². The summed E-state index contributed by atoms with van der Waals surface area (Å²) >= 11 is 0. The summed E-state index contributed by atoms with van der Waals surface area (Å²) in [5.41, 5.74) is 9.28. The van der Waals surface area contributed by atoms with Crippen LogP contribution in [0.25, 0.3) is 0 Å². The molecule has 2 aliphatic rings. The second kappa shape index (κ2) is 16.5. The Bertz CT molecular complexity index is 1250. The molecule has 0 aromatic heterocycles. The Labute approximate surface area is 259 Å². The molecule has 0 unspecified atom stereocenters. The van der Waals surface area contributed by atoms with Gasteiger partial charge in [0.25, 0.3) is 0 Å². The van der Waals surface area contributed by atoms with Crippen LogP contribution >= 0.6 is 0 Å². The van der Waals surface area contributed by atoms with E-state index >= 15 is 0 Å². The summed E-state index contributed by atoms with van der Waals surface area (Å²) < 4.78 is 0. The van der Waals surface area contributed by atoms with E-state index in [1.807, 2.05) is 48.5 Å². The quantitative estimate of drug-likeness (QED) is 0.189. The van der Waals surface area contributed by atoms with Gasteiger partial charge in [-0.1, -0.05) is 62.8 Å². The molecule has 0 heterocycles. The molecule has 0 atom stereocenters. The summed E-state index contributed by atoms with van der Waals surface area (Å²) in [6.07, 6.45) is 10.5. The lowest BCUT2D eigenvalue weighted by Crippen LogP contribution is -2.25. The number of benzene rings is 2. The van der Waals surface area contributed by atoms with E-state index in [1.54, 1.807) is 13.8 Å². The number of hydrogen-bond donors (Lipinski definition) is 4. The molecule has 0 bridgehead atoms. The fraction of sp³-hybridized carbons (Fsp3) is 0.471. The predicted octanol–water partition coefficient (Wildman–Crippen LogP) is 5.89. The van der Waals surface area contributed by atoms with Gasteiger partial charge in [-0.25, -0.2) is 10.9 Å². The Hall–Kier alpha value is -4.34. The number of nitrogens with one attached hydrogen (secondary N) is 4. The zero-order valence-electron chi connectivity index (χ0n) is 25.8. The van der Waals surface area contributed by atoms with Crippen molar-refractivity contribution in [2.24, 2.45) is 22.0 Å². The lowest BCUT2D eigenvalue weighted by atomic mass is 9.88. The van der Waals surface area contributed by atoms with Crippen molar-refractivity contribution in [3.63, 3.8) is 0 Å². The van der Waals surface area contributed by atoms with Gasteiger partial charge in [0.15, 0.2) is 0 Å². The van der Waals surface area contributed by atoms with Gasteiger partial charge in [-0.2, -0.15) is 10.2 Å². The van der Waals surface area contributed by atoms with Gasteiger partial charge in [-0.05, 0) is 74.9 Å². The summed E-state index contributed by atoms with van der Waals surface area (Å²) in [4.78, 5) is 49.5. The minimum absolute atomic E-state index is 0.0430. The summed E-state index contributed by atoms with van der Waals surface area (Å²) in [6, 6.07) is 14.7. The maximum Gasteiger partial charge on any atom is 0.240 e. The minimum atomic E-state index is -0.387. The second-order valence-corrected chi connectivity index (χ2v) is 11.8. The number of hydrazone groups is 2. The van der Waals surface area contributed by atoms with Gasteiger partial charge in [-0.15, -0.1) is 0 Å². The van der Waals surface area contributed by atoms with Gasteiger partial charge in [0.1, 0.15) is 0 Å². The third-order valence-electron chi connectivity index (χ3n) is 8.37. The highest BCUT2D eigenvalue weighted by atomic mass is 16.2. The molecule has 10 nitrogen and oxygen atoms in total. The van der Waals surface area contributed by atoms with E-state index in [0.29, 0.717) is 11.4 Å². The summed E-state index contributed by atoms with van der Waals surface area (Å²) in [5, 5.41) is 14.3. The lowest BCUT2D eigenvalue weighted by molar-refractivity contribution is -0.126. The second-order valence-electron chi connectivity index (χ2n) is 11.8. The van der Waals surface area contributed by atoms with Gasteiger partial charge in [-0.3, -0.25) is 19.2 Å². The van der Waals surface area contributed by atoms with Crippen molar-refractivity contribution in [2.75, 3.05) is 10.6 Å². The van der Waals surface area contributed by atoms with E-state index in [-0.39, 0.29) is 48.3 Å². The van der Waals surface area contributed by atoms with Crippen molar-refractivity contribution >= 4 is 46.4 Å². The topological polar surface area (TPSA) is 141 Å². The zero-order valence-corrected chi connectivity index (χ0v) is 25.8. The van der Waals surface area contributed by atoms with Crippen LogP contribution in [-0.4, -0.2) is 35.1 Å². The lowest BCUT2D eigenvalue weighted by Gasteiger charge is -2.20. The Morgan fingerprint density at radius 3 is 1.25 bits per heavy atom. The average molecular weight is 601 g/mol. The number of anilines is 2. The van der Waals surface area contributed by atoms with Crippen LogP contribution in [-0.2, 0) is 19.2 Å². The summed E-state index contributed by atoms with van der Waals surface area (Å²) in [7, 11) is 0. The van der Waals surface area contributed by atoms with Crippen LogP contribution in [0.3, 0.4) is 0 Å². The normalized spacial score (nSPS) is 16.6. The molecule has 0 saturated heterocycles. The number of hydrogen-bond acceptors (Lipinski definition) is 6. The van der Waals surface area contributed by atoms with Gasteiger partial charge in [0.05, 0.1) is 11.4 Å². The maximum absolute atomic E-state index is 12.5. The first-order chi connectivity index (χ1) is 21.3. The number of rotatable bonds is 11. The van der Waals surface area contributed by atoms with Crippen molar-refractivity contribution in [3.05, 3.63) is 59.7 Å². The van der Waals surface area contributed by atoms with Gasteiger partial charge < -0.3 is 10.6 Å². The largest absolute Gasteiger partial charge is 0.326 e. The minimum Gasteiger partial charge on any atom is -0.326 e. The third-order valence-corrected chi connectivity index (χ3v) is 8.37. The molecular weight excluding hydrogens is 556 g/mol. The molecule has 0 spiro atoms. The highest BCUT2D eigenvalue weighted by Crippen LogP contribution is 2.26. The number of amides is 4. The smallest absolute Gasteiger partial charge is 0.240 e. The maximum atomic E-state index is 12.5. The summed E-state index contributed by atoms with van der Waals surface area (Å²) in [6.45, 7) is 3.55. The van der Waals surface area contributed by atoms with Crippen molar-refractivity contribution in [2.45, 2.75) is 90.9 Å². The van der Waals surface area contributed by atoms with E-state index in [2.05, 4.69) is 31.7 Å². The Kier molecular flexibility index (Phi) is 12.2. The summed E-state index contributed by atoms with van der Waals surface area (Å²) in [5.74, 6) is -0.450. The molecule has 4 N–H and O–H groups in total. The monoisotopic (exact) mass is 600 g/mol. The van der Waals surface area contributed by atoms with Crippen LogP contribution in [0.15, 0.2) is 58.7 Å². The first-order valence-corrected chi connectivity index (χ1v) is 15.8. The Morgan fingerprint density at radius 1 is 0.568 bits per heavy atom. The van der Waals surface area contributed by atoms with Crippen LogP contribution in [0.5, 0.6) is 0 Å². The van der Waals surface area contributed by atoms with E-state index in [1.165, 1.54) is 12.8 Å². The van der Waals surface area contributed by atoms with E-state index in [9.17, 15) is 19.2 Å². The van der Waals surface area contributed by atoms with E-state index < -0.39 is 0 Å². The Morgan fingerprint density at radius 2 is 0.909 bits per heavy atom. The van der Waals surface area contributed by atoms with E-state index in [4.69, 9.17) is 0 Å². The fourth-order valence-corrected chi connectivity index (χ4v) is 5.57. The molecule has 4 amide bonds. The van der Waals surface area contributed by atoms with Crippen LogP contribution in [0.1, 0.15) is 102 Å².